The summed E-state index contributed by atoms with van der Waals surface area (Å²) in [4.78, 5) is 6.64. The van der Waals surface area contributed by atoms with Crippen molar-refractivity contribution in [2.45, 2.75) is 23.8 Å². The average molecular weight is 457 g/mol. The zero-order valence-electron chi connectivity index (χ0n) is 16.4. The Labute approximate surface area is 187 Å². The maximum Gasteiger partial charge on any atom is 0.257 e. The van der Waals surface area contributed by atoms with Crippen molar-refractivity contribution in [3.63, 3.8) is 0 Å². The van der Waals surface area contributed by atoms with Crippen LogP contribution < -0.4 is 4.90 Å². The minimum atomic E-state index is -0.313. The predicted molar refractivity (Wildman–Crippen MR) is 117 cm³/mol. The smallest absolute Gasteiger partial charge is 0.257 e. The standard InChI is InChI=1S/C21H18ClFN6OS/c22-16-5-1-2-6-17(16)29-20(28-11-3-4-12-28)25-26-21(29)31-13-18-24-19(30-27-18)14-7-9-15(23)10-8-14/h1-2,5-10H,3-4,11-13H2. The van der Waals surface area contributed by atoms with E-state index in [2.05, 4.69) is 25.2 Å². The van der Waals surface area contributed by atoms with Crippen LogP contribution in [0.4, 0.5) is 10.3 Å². The van der Waals surface area contributed by atoms with Crippen LogP contribution in [0.25, 0.3) is 17.1 Å². The van der Waals surface area contributed by atoms with Crippen molar-refractivity contribution >= 4 is 29.3 Å². The Bertz CT molecular complexity index is 1190. The van der Waals surface area contributed by atoms with Gasteiger partial charge in [0, 0.05) is 18.7 Å². The summed E-state index contributed by atoms with van der Waals surface area (Å²) in [5.41, 5.74) is 1.50. The fraction of sp³-hybridized carbons (Fsp3) is 0.238. The number of thioether (sulfide) groups is 1. The number of aromatic nitrogens is 5. The van der Waals surface area contributed by atoms with Crippen LogP contribution >= 0.6 is 23.4 Å². The molecule has 1 fully saturated rings. The Morgan fingerprint density at radius 1 is 1.03 bits per heavy atom. The van der Waals surface area contributed by atoms with Crippen molar-refractivity contribution in [1.29, 1.82) is 0 Å². The van der Waals surface area contributed by atoms with Crippen LogP contribution in [0, 0.1) is 5.82 Å². The quantitative estimate of drug-likeness (QED) is 0.378. The number of rotatable bonds is 6. The maximum atomic E-state index is 13.1. The minimum absolute atomic E-state index is 0.313. The van der Waals surface area contributed by atoms with E-state index >= 15 is 0 Å². The van der Waals surface area contributed by atoms with Gasteiger partial charge in [0.1, 0.15) is 5.82 Å². The number of benzene rings is 2. The Balaban J connectivity index is 1.41. The molecule has 0 N–H and O–H groups in total. The molecule has 0 bridgehead atoms. The van der Waals surface area contributed by atoms with Gasteiger partial charge in [0.05, 0.1) is 16.5 Å². The van der Waals surface area contributed by atoms with Gasteiger partial charge in [-0.2, -0.15) is 4.98 Å². The van der Waals surface area contributed by atoms with Crippen molar-refractivity contribution < 1.29 is 8.91 Å². The molecular weight excluding hydrogens is 439 g/mol. The topological polar surface area (TPSA) is 72.9 Å². The first-order chi connectivity index (χ1) is 15.2. The van der Waals surface area contributed by atoms with Crippen molar-refractivity contribution in [1.82, 2.24) is 24.9 Å². The third-order valence-corrected chi connectivity index (χ3v) is 6.23. The second kappa shape index (κ2) is 8.68. The summed E-state index contributed by atoms with van der Waals surface area (Å²) in [5.74, 6) is 1.77. The van der Waals surface area contributed by atoms with Gasteiger partial charge in [0.15, 0.2) is 11.0 Å². The van der Waals surface area contributed by atoms with E-state index in [0.29, 0.717) is 33.2 Å². The normalized spacial score (nSPS) is 13.8. The van der Waals surface area contributed by atoms with E-state index in [1.165, 1.54) is 23.9 Å². The third-order valence-electron chi connectivity index (χ3n) is 4.99. The van der Waals surface area contributed by atoms with Gasteiger partial charge in [-0.15, -0.1) is 10.2 Å². The summed E-state index contributed by atoms with van der Waals surface area (Å²) < 4.78 is 20.5. The summed E-state index contributed by atoms with van der Waals surface area (Å²) in [5, 5.41) is 14.2. The number of anilines is 1. The Hall–Kier alpha value is -2.91. The second-order valence-electron chi connectivity index (χ2n) is 7.07. The molecule has 1 aliphatic rings. The lowest BCUT2D eigenvalue weighted by atomic mass is 10.2. The molecule has 5 rings (SSSR count). The molecule has 2 aromatic carbocycles. The van der Waals surface area contributed by atoms with E-state index in [1.54, 1.807) is 12.1 Å². The minimum Gasteiger partial charge on any atom is -0.341 e. The maximum absolute atomic E-state index is 13.1. The third kappa shape index (κ3) is 4.15. The first-order valence-electron chi connectivity index (χ1n) is 9.85. The van der Waals surface area contributed by atoms with Crippen LogP contribution in [0.2, 0.25) is 5.02 Å². The number of hydrogen-bond donors (Lipinski definition) is 0. The Morgan fingerprint density at radius 3 is 2.58 bits per heavy atom. The fourth-order valence-corrected chi connectivity index (χ4v) is 4.48. The van der Waals surface area contributed by atoms with Crippen LogP contribution in [0.15, 0.2) is 58.2 Å². The highest BCUT2D eigenvalue weighted by Gasteiger charge is 2.24. The second-order valence-corrected chi connectivity index (χ2v) is 8.42. The summed E-state index contributed by atoms with van der Waals surface area (Å²) in [6, 6.07) is 13.6. The molecular formula is C21H18ClFN6OS. The fourth-order valence-electron chi connectivity index (χ4n) is 3.47. The SMILES string of the molecule is Fc1ccc(-c2nc(CSc3nnc(N4CCCC4)n3-c3ccccc3Cl)no2)cc1. The number of para-hydroxylation sites is 1. The molecule has 10 heteroatoms. The number of nitrogens with zero attached hydrogens (tertiary/aromatic N) is 6. The lowest BCUT2D eigenvalue weighted by Crippen LogP contribution is -2.22. The van der Waals surface area contributed by atoms with Gasteiger partial charge in [-0.05, 0) is 49.2 Å². The molecule has 3 heterocycles. The van der Waals surface area contributed by atoms with Crippen LogP contribution in [0.1, 0.15) is 18.7 Å². The zero-order chi connectivity index (χ0) is 21.2. The summed E-state index contributed by atoms with van der Waals surface area (Å²) in [6.07, 6.45) is 2.26. The molecule has 0 radical (unpaired) electrons. The molecule has 31 heavy (non-hydrogen) atoms. The lowest BCUT2D eigenvalue weighted by molar-refractivity contribution is 0.425. The van der Waals surface area contributed by atoms with Crippen molar-refractivity contribution in [3.8, 4) is 17.1 Å². The summed E-state index contributed by atoms with van der Waals surface area (Å²) in [7, 11) is 0. The number of hydrogen-bond acceptors (Lipinski definition) is 7. The molecule has 0 aliphatic carbocycles. The molecule has 0 unspecified atom stereocenters. The van der Waals surface area contributed by atoms with Gasteiger partial charge in [0.25, 0.3) is 5.89 Å². The van der Waals surface area contributed by atoms with E-state index in [1.807, 2.05) is 28.8 Å². The molecule has 1 aliphatic heterocycles. The molecule has 158 valence electrons. The molecule has 0 spiro atoms. The monoisotopic (exact) mass is 456 g/mol. The molecule has 4 aromatic rings. The summed E-state index contributed by atoms with van der Waals surface area (Å²) >= 11 is 7.95. The van der Waals surface area contributed by atoms with Crippen LogP contribution in [-0.2, 0) is 5.75 Å². The largest absolute Gasteiger partial charge is 0.341 e. The van der Waals surface area contributed by atoms with Gasteiger partial charge >= 0.3 is 0 Å². The average Bonchev–Trinajstić information content (AvgIpc) is 3.53. The van der Waals surface area contributed by atoms with Gasteiger partial charge in [-0.3, -0.25) is 4.57 Å². The molecule has 7 nitrogen and oxygen atoms in total. The van der Waals surface area contributed by atoms with E-state index in [4.69, 9.17) is 16.1 Å². The zero-order valence-corrected chi connectivity index (χ0v) is 18.0. The van der Waals surface area contributed by atoms with Gasteiger partial charge in [0.2, 0.25) is 5.95 Å². The van der Waals surface area contributed by atoms with E-state index < -0.39 is 0 Å². The highest BCUT2D eigenvalue weighted by Crippen LogP contribution is 2.33. The van der Waals surface area contributed by atoms with Crippen molar-refractivity contribution in [2.24, 2.45) is 0 Å². The molecule has 1 saturated heterocycles. The lowest BCUT2D eigenvalue weighted by Gasteiger charge is -2.18. The van der Waals surface area contributed by atoms with E-state index in [-0.39, 0.29) is 5.82 Å². The van der Waals surface area contributed by atoms with Crippen molar-refractivity contribution in [3.05, 3.63) is 65.2 Å². The Kier molecular flexibility index (Phi) is 5.61. The van der Waals surface area contributed by atoms with Gasteiger partial charge in [-0.25, -0.2) is 4.39 Å². The van der Waals surface area contributed by atoms with Crippen LogP contribution in [0.5, 0.6) is 0 Å². The summed E-state index contributed by atoms with van der Waals surface area (Å²) in [6.45, 7) is 1.89. The number of halogens is 2. The first-order valence-corrected chi connectivity index (χ1v) is 11.2. The van der Waals surface area contributed by atoms with Crippen molar-refractivity contribution in [2.75, 3.05) is 18.0 Å². The van der Waals surface area contributed by atoms with E-state index in [0.717, 1.165) is 37.6 Å². The highest BCUT2D eigenvalue weighted by molar-refractivity contribution is 7.98. The van der Waals surface area contributed by atoms with E-state index in [9.17, 15) is 4.39 Å². The van der Waals surface area contributed by atoms with Crippen LogP contribution in [0.3, 0.4) is 0 Å². The molecule has 0 amide bonds. The first kappa shape index (κ1) is 20.0. The van der Waals surface area contributed by atoms with Gasteiger partial charge in [-0.1, -0.05) is 40.7 Å². The molecule has 2 aromatic heterocycles. The predicted octanol–water partition coefficient (Wildman–Crippen LogP) is 5.00. The molecule has 0 saturated carbocycles. The highest BCUT2D eigenvalue weighted by atomic mass is 35.5. The van der Waals surface area contributed by atoms with Gasteiger partial charge < -0.3 is 9.42 Å². The Morgan fingerprint density at radius 2 is 1.81 bits per heavy atom. The van der Waals surface area contributed by atoms with Crippen LogP contribution in [-0.4, -0.2) is 38.0 Å². The molecule has 0 atom stereocenters.